The largest absolute Gasteiger partial charge is 0.295 e. The molecule has 0 fully saturated rings. The maximum Gasteiger partial charge on any atom is 0.295 e. The minimum absolute atomic E-state index is 0. The van der Waals surface area contributed by atoms with Crippen molar-refractivity contribution in [2.75, 3.05) is 0 Å². The SMILES string of the molecule is C=C(C)c1ccc2ccccc2c1S(=O)(=O)O.[Rb]. The van der Waals surface area contributed by atoms with Gasteiger partial charge in [-0.3, -0.25) is 4.55 Å². The van der Waals surface area contributed by atoms with E-state index < -0.39 is 10.1 Å². The fourth-order valence-electron chi connectivity index (χ4n) is 1.86. The van der Waals surface area contributed by atoms with Gasteiger partial charge in [0.05, 0.1) is 0 Å². The minimum atomic E-state index is -4.27. The zero-order valence-corrected chi connectivity index (χ0v) is 16.1. The van der Waals surface area contributed by atoms with E-state index in [2.05, 4.69) is 6.58 Å². The molecule has 0 bridgehead atoms. The molecule has 2 aromatic rings. The first kappa shape index (κ1) is 16.2. The Kier molecular flexibility index (Phi) is 5.47. The summed E-state index contributed by atoms with van der Waals surface area (Å²) in [6, 6.07) is 10.5. The smallest absolute Gasteiger partial charge is 0.282 e. The Morgan fingerprint density at radius 2 is 1.78 bits per heavy atom. The summed E-state index contributed by atoms with van der Waals surface area (Å²) in [6.45, 7) is 5.44. The van der Waals surface area contributed by atoms with Crippen molar-refractivity contribution in [3.8, 4) is 0 Å². The zero-order valence-electron chi connectivity index (χ0n) is 10.3. The molecule has 89 valence electrons. The second-order valence-corrected chi connectivity index (χ2v) is 5.28. The van der Waals surface area contributed by atoms with Crippen molar-refractivity contribution in [1.82, 2.24) is 0 Å². The molecule has 0 unspecified atom stereocenters. The van der Waals surface area contributed by atoms with Crippen LogP contribution >= 0.6 is 0 Å². The molecule has 2 aromatic carbocycles. The van der Waals surface area contributed by atoms with Gasteiger partial charge in [0.2, 0.25) is 0 Å². The van der Waals surface area contributed by atoms with Crippen LogP contribution in [-0.2, 0) is 10.1 Å². The summed E-state index contributed by atoms with van der Waals surface area (Å²) in [5, 5.41) is 1.28. The van der Waals surface area contributed by atoms with Gasteiger partial charge in [-0.05, 0) is 23.4 Å². The third-order valence-corrected chi connectivity index (χ3v) is 3.55. The molecule has 0 aliphatic heterocycles. The van der Waals surface area contributed by atoms with Crippen molar-refractivity contribution in [2.24, 2.45) is 0 Å². The van der Waals surface area contributed by atoms with Crippen LogP contribution in [0, 0.1) is 0 Å². The molecule has 0 saturated heterocycles. The van der Waals surface area contributed by atoms with Gasteiger partial charge < -0.3 is 0 Å². The molecule has 2 rings (SSSR count). The van der Waals surface area contributed by atoms with E-state index in [1.165, 1.54) is 0 Å². The minimum Gasteiger partial charge on any atom is -0.282 e. The molecule has 0 aliphatic carbocycles. The molecule has 0 saturated carbocycles. The van der Waals surface area contributed by atoms with Gasteiger partial charge in [0, 0.05) is 63.6 Å². The second kappa shape index (κ2) is 6.07. The molecule has 3 nitrogen and oxygen atoms in total. The Morgan fingerprint density at radius 1 is 1.17 bits per heavy atom. The summed E-state index contributed by atoms with van der Waals surface area (Å²) in [5.74, 6) is 0. The maximum absolute atomic E-state index is 11.5. The number of hydrogen-bond acceptors (Lipinski definition) is 2. The standard InChI is InChI=1S/C13H12O3S.Rb/c1-9(2)11-8-7-10-5-3-4-6-12(10)13(11)17(14,15)16;/h3-8H,1H2,2H3,(H,14,15,16);. The van der Waals surface area contributed by atoms with Crippen molar-refractivity contribution in [2.45, 2.75) is 11.8 Å². The van der Waals surface area contributed by atoms with Gasteiger partial charge in [-0.25, -0.2) is 0 Å². The molecule has 18 heavy (non-hydrogen) atoms. The fraction of sp³-hybridized carbons (Fsp3) is 0.0769. The number of rotatable bonds is 2. The van der Waals surface area contributed by atoms with Gasteiger partial charge in [-0.2, -0.15) is 8.42 Å². The number of hydrogen-bond donors (Lipinski definition) is 1. The molecule has 0 aliphatic rings. The number of fused-ring (bicyclic) bond motifs is 1. The quantitative estimate of drug-likeness (QED) is 0.860. The molecule has 0 atom stereocenters. The normalized spacial score (nSPS) is 11.0. The Bertz CT molecular complexity index is 705. The van der Waals surface area contributed by atoms with Crippen LogP contribution in [0.3, 0.4) is 0 Å². The van der Waals surface area contributed by atoms with Gasteiger partial charge >= 0.3 is 0 Å². The molecule has 0 heterocycles. The predicted octanol–water partition coefficient (Wildman–Crippen LogP) is 2.74. The molecule has 0 amide bonds. The summed E-state index contributed by atoms with van der Waals surface area (Å²) in [6.07, 6.45) is 0. The topological polar surface area (TPSA) is 54.4 Å². The molecule has 5 heteroatoms. The van der Waals surface area contributed by atoms with Crippen LogP contribution < -0.4 is 0 Å². The van der Waals surface area contributed by atoms with E-state index in [4.69, 9.17) is 0 Å². The van der Waals surface area contributed by atoms with Crippen LogP contribution in [0.1, 0.15) is 12.5 Å². The first-order valence-corrected chi connectivity index (χ1v) is 6.50. The van der Waals surface area contributed by atoms with Gasteiger partial charge in [0.25, 0.3) is 10.1 Å². The maximum atomic E-state index is 11.5. The molecule has 0 aromatic heterocycles. The third-order valence-electron chi connectivity index (χ3n) is 2.60. The second-order valence-electron chi connectivity index (χ2n) is 3.92. The Balaban J connectivity index is 0.00000162. The number of benzene rings is 2. The van der Waals surface area contributed by atoms with Crippen LogP contribution in [-0.4, -0.2) is 71.2 Å². The van der Waals surface area contributed by atoms with Gasteiger partial charge in [-0.15, -0.1) is 0 Å². The van der Waals surface area contributed by atoms with Crippen molar-refractivity contribution in [1.29, 1.82) is 0 Å². The monoisotopic (exact) mass is 333 g/mol. The molecular formula is C13H12O3RbS. The zero-order chi connectivity index (χ0) is 12.6. The van der Waals surface area contributed by atoms with Crippen molar-refractivity contribution in [3.63, 3.8) is 0 Å². The first-order valence-electron chi connectivity index (χ1n) is 5.06. The van der Waals surface area contributed by atoms with Gasteiger partial charge in [-0.1, -0.05) is 43.0 Å². The van der Waals surface area contributed by atoms with Crippen LogP contribution in [0.5, 0.6) is 0 Å². The summed E-state index contributed by atoms with van der Waals surface area (Å²) >= 11 is 0. The third kappa shape index (κ3) is 3.18. The Morgan fingerprint density at radius 3 is 2.33 bits per heavy atom. The molecular weight excluding hydrogens is 322 g/mol. The Hall–Kier alpha value is 0.155. The van der Waals surface area contributed by atoms with E-state index >= 15 is 0 Å². The van der Waals surface area contributed by atoms with E-state index in [0.29, 0.717) is 16.5 Å². The summed E-state index contributed by atoms with van der Waals surface area (Å²) in [5.41, 5.74) is 1.05. The van der Waals surface area contributed by atoms with E-state index in [-0.39, 0.29) is 63.1 Å². The average molecular weight is 334 g/mol. The van der Waals surface area contributed by atoms with E-state index in [1.54, 1.807) is 31.2 Å². The van der Waals surface area contributed by atoms with Crippen molar-refractivity contribution >= 4 is 84.7 Å². The summed E-state index contributed by atoms with van der Waals surface area (Å²) < 4.78 is 32.3. The molecule has 1 radical (unpaired) electrons. The molecule has 0 spiro atoms. The molecule has 1 N–H and O–H groups in total. The van der Waals surface area contributed by atoms with Crippen LogP contribution in [0.25, 0.3) is 16.3 Å². The van der Waals surface area contributed by atoms with Gasteiger partial charge in [0.1, 0.15) is 4.90 Å². The van der Waals surface area contributed by atoms with Crippen LogP contribution in [0.15, 0.2) is 47.9 Å². The summed E-state index contributed by atoms with van der Waals surface area (Å²) in [7, 11) is -4.27. The van der Waals surface area contributed by atoms with E-state index in [1.807, 2.05) is 12.1 Å². The van der Waals surface area contributed by atoms with E-state index in [0.717, 1.165) is 5.39 Å². The van der Waals surface area contributed by atoms with Crippen LogP contribution in [0.2, 0.25) is 0 Å². The van der Waals surface area contributed by atoms with Crippen molar-refractivity contribution < 1.29 is 13.0 Å². The van der Waals surface area contributed by atoms with Crippen LogP contribution in [0.4, 0.5) is 0 Å². The number of allylic oxidation sites excluding steroid dienone is 1. The van der Waals surface area contributed by atoms with Gasteiger partial charge in [0.15, 0.2) is 0 Å². The predicted molar refractivity (Wildman–Crippen MR) is 74.2 cm³/mol. The van der Waals surface area contributed by atoms with Crippen molar-refractivity contribution in [3.05, 3.63) is 48.5 Å². The average Bonchev–Trinajstić information content (AvgIpc) is 2.26. The Labute approximate surface area is 155 Å². The summed E-state index contributed by atoms with van der Waals surface area (Å²) in [4.78, 5) is -0.0666. The fourth-order valence-corrected chi connectivity index (χ4v) is 2.84. The van der Waals surface area contributed by atoms with E-state index in [9.17, 15) is 13.0 Å². The first-order chi connectivity index (χ1) is 7.91.